The molecule has 0 bridgehead atoms. The summed E-state index contributed by atoms with van der Waals surface area (Å²) in [6.45, 7) is 1.64. The number of alkyl halides is 3. The van der Waals surface area contributed by atoms with E-state index in [1.807, 2.05) is 12.1 Å². The molecule has 3 aromatic rings. The van der Waals surface area contributed by atoms with Crippen LogP contribution in [0, 0.1) is 0 Å². The molecular formula is C19H15F3N2O. The summed E-state index contributed by atoms with van der Waals surface area (Å²) in [5.74, 6) is -0.380. The van der Waals surface area contributed by atoms with Crippen LogP contribution in [0.5, 0.6) is 0 Å². The second-order valence-corrected chi connectivity index (χ2v) is 5.70. The molecule has 25 heavy (non-hydrogen) atoms. The van der Waals surface area contributed by atoms with Crippen molar-refractivity contribution in [3.8, 4) is 0 Å². The average molecular weight is 344 g/mol. The first-order valence-corrected chi connectivity index (χ1v) is 7.68. The third-order valence-electron chi connectivity index (χ3n) is 3.94. The van der Waals surface area contributed by atoms with E-state index in [9.17, 15) is 18.0 Å². The molecule has 1 heterocycles. The number of fused-ring (bicyclic) bond motifs is 1. The SMILES string of the molecule is CC(NC(=O)c1cccc2cccnc12)c1cccc(C(F)(F)F)c1. The molecule has 1 amide bonds. The summed E-state index contributed by atoms with van der Waals surface area (Å²) in [4.78, 5) is 16.8. The van der Waals surface area contributed by atoms with Gasteiger partial charge in [-0.1, -0.05) is 30.3 Å². The lowest BCUT2D eigenvalue weighted by Gasteiger charge is -2.16. The van der Waals surface area contributed by atoms with E-state index in [2.05, 4.69) is 10.3 Å². The van der Waals surface area contributed by atoms with Gasteiger partial charge in [-0.05, 0) is 36.8 Å². The van der Waals surface area contributed by atoms with Gasteiger partial charge in [-0.3, -0.25) is 9.78 Å². The van der Waals surface area contributed by atoms with E-state index in [-0.39, 0.29) is 5.91 Å². The Balaban J connectivity index is 1.85. The molecule has 0 aliphatic carbocycles. The van der Waals surface area contributed by atoms with E-state index >= 15 is 0 Å². The Hall–Kier alpha value is -2.89. The number of halogens is 3. The van der Waals surface area contributed by atoms with Crippen molar-refractivity contribution in [2.24, 2.45) is 0 Å². The fourth-order valence-corrected chi connectivity index (χ4v) is 2.63. The van der Waals surface area contributed by atoms with Crippen LogP contribution in [0.25, 0.3) is 10.9 Å². The summed E-state index contributed by atoms with van der Waals surface area (Å²) in [7, 11) is 0. The Labute approximate surface area is 142 Å². The van der Waals surface area contributed by atoms with Gasteiger partial charge in [-0.2, -0.15) is 13.2 Å². The molecule has 0 aliphatic heterocycles. The predicted octanol–water partition coefficient (Wildman–Crippen LogP) is 4.74. The van der Waals surface area contributed by atoms with E-state index in [1.54, 1.807) is 37.4 Å². The second-order valence-electron chi connectivity index (χ2n) is 5.70. The van der Waals surface area contributed by atoms with E-state index < -0.39 is 17.8 Å². The molecule has 128 valence electrons. The van der Waals surface area contributed by atoms with Crippen molar-refractivity contribution in [2.45, 2.75) is 19.1 Å². The van der Waals surface area contributed by atoms with Crippen LogP contribution in [0.1, 0.15) is 34.5 Å². The molecule has 3 nitrogen and oxygen atoms in total. The predicted molar refractivity (Wildman–Crippen MR) is 89.1 cm³/mol. The van der Waals surface area contributed by atoms with Crippen LogP contribution in [-0.4, -0.2) is 10.9 Å². The number of benzene rings is 2. The summed E-state index contributed by atoms with van der Waals surface area (Å²) < 4.78 is 38.5. The third kappa shape index (κ3) is 3.63. The number of hydrogen-bond donors (Lipinski definition) is 1. The maximum Gasteiger partial charge on any atom is 0.416 e. The van der Waals surface area contributed by atoms with Crippen molar-refractivity contribution in [1.29, 1.82) is 0 Å². The van der Waals surface area contributed by atoms with Crippen LogP contribution in [0.15, 0.2) is 60.8 Å². The van der Waals surface area contributed by atoms with Crippen LogP contribution < -0.4 is 5.32 Å². The molecule has 0 spiro atoms. The molecule has 1 unspecified atom stereocenters. The molecular weight excluding hydrogens is 329 g/mol. The highest BCUT2D eigenvalue weighted by atomic mass is 19.4. The number of amides is 1. The monoisotopic (exact) mass is 344 g/mol. The largest absolute Gasteiger partial charge is 0.416 e. The summed E-state index contributed by atoms with van der Waals surface area (Å²) in [5.41, 5.74) is 0.588. The maximum atomic E-state index is 12.8. The average Bonchev–Trinajstić information content (AvgIpc) is 2.60. The Morgan fingerprint density at radius 2 is 1.80 bits per heavy atom. The molecule has 3 rings (SSSR count). The van der Waals surface area contributed by atoms with Crippen LogP contribution in [0.3, 0.4) is 0 Å². The van der Waals surface area contributed by atoms with Gasteiger partial charge in [0.25, 0.3) is 5.91 Å². The third-order valence-corrected chi connectivity index (χ3v) is 3.94. The van der Waals surface area contributed by atoms with Crippen LogP contribution in [-0.2, 0) is 6.18 Å². The van der Waals surface area contributed by atoms with E-state index in [1.165, 1.54) is 6.07 Å². The van der Waals surface area contributed by atoms with Gasteiger partial charge < -0.3 is 5.32 Å². The standard InChI is InChI=1S/C19H15F3N2O/c1-12(14-6-2-8-15(11-14)19(20,21)22)24-18(25)16-9-3-5-13-7-4-10-23-17(13)16/h2-12H,1H3,(H,24,25). The van der Waals surface area contributed by atoms with Crippen LogP contribution in [0.4, 0.5) is 13.2 Å². The van der Waals surface area contributed by atoms with Gasteiger partial charge in [0, 0.05) is 11.6 Å². The minimum Gasteiger partial charge on any atom is -0.345 e. The number of rotatable bonds is 3. The summed E-state index contributed by atoms with van der Waals surface area (Å²) in [5, 5.41) is 3.56. The van der Waals surface area contributed by atoms with Gasteiger partial charge >= 0.3 is 6.18 Å². The van der Waals surface area contributed by atoms with E-state index in [4.69, 9.17) is 0 Å². The number of carbonyl (C=O) groups is 1. The normalized spacial score (nSPS) is 12.8. The zero-order chi connectivity index (χ0) is 18.0. The van der Waals surface area contributed by atoms with Crippen molar-refractivity contribution in [3.63, 3.8) is 0 Å². The number of hydrogen-bond acceptors (Lipinski definition) is 2. The van der Waals surface area contributed by atoms with Crippen LogP contribution >= 0.6 is 0 Å². The molecule has 0 aliphatic rings. The minimum absolute atomic E-state index is 0.380. The highest BCUT2D eigenvalue weighted by Crippen LogP contribution is 2.30. The van der Waals surface area contributed by atoms with Crippen molar-refractivity contribution >= 4 is 16.8 Å². The Morgan fingerprint density at radius 3 is 2.56 bits per heavy atom. The first kappa shape index (κ1) is 17.0. The first-order valence-electron chi connectivity index (χ1n) is 7.68. The van der Waals surface area contributed by atoms with Crippen LogP contribution in [0.2, 0.25) is 0 Å². The van der Waals surface area contributed by atoms with Crippen molar-refractivity contribution < 1.29 is 18.0 Å². The highest BCUT2D eigenvalue weighted by molar-refractivity contribution is 6.05. The molecule has 2 aromatic carbocycles. The summed E-state index contributed by atoms with van der Waals surface area (Å²) in [6, 6.07) is 13.2. The molecule has 0 saturated heterocycles. The second kappa shape index (κ2) is 6.55. The lowest BCUT2D eigenvalue weighted by atomic mass is 10.0. The number of nitrogens with one attached hydrogen (secondary N) is 1. The van der Waals surface area contributed by atoms with E-state index in [0.717, 1.165) is 17.5 Å². The van der Waals surface area contributed by atoms with Gasteiger partial charge in [0.15, 0.2) is 0 Å². The van der Waals surface area contributed by atoms with Gasteiger partial charge in [0.05, 0.1) is 22.7 Å². The quantitative estimate of drug-likeness (QED) is 0.745. The zero-order valence-electron chi connectivity index (χ0n) is 13.3. The number of nitrogens with zero attached hydrogens (tertiary/aromatic N) is 1. The number of aromatic nitrogens is 1. The zero-order valence-corrected chi connectivity index (χ0v) is 13.3. The Morgan fingerprint density at radius 1 is 1.08 bits per heavy atom. The van der Waals surface area contributed by atoms with Crippen molar-refractivity contribution in [3.05, 3.63) is 77.5 Å². The Bertz CT molecular complexity index is 916. The Kier molecular flexibility index (Phi) is 4.44. The lowest BCUT2D eigenvalue weighted by molar-refractivity contribution is -0.137. The number of carbonyl (C=O) groups excluding carboxylic acids is 1. The number of para-hydroxylation sites is 1. The van der Waals surface area contributed by atoms with E-state index in [0.29, 0.717) is 16.6 Å². The van der Waals surface area contributed by atoms with Gasteiger partial charge in [0.1, 0.15) is 0 Å². The van der Waals surface area contributed by atoms with Crippen molar-refractivity contribution in [1.82, 2.24) is 10.3 Å². The molecule has 0 radical (unpaired) electrons. The molecule has 0 fully saturated rings. The van der Waals surface area contributed by atoms with Gasteiger partial charge in [0.2, 0.25) is 0 Å². The van der Waals surface area contributed by atoms with Gasteiger partial charge in [-0.25, -0.2) is 0 Å². The lowest BCUT2D eigenvalue weighted by Crippen LogP contribution is -2.27. The minimum atomic E-state index is -4.42. The maximum absolute atomic E-state index is 12.8. The molecule has 1 aromatic heterocycles. The fourth-order valence-electron chi connectivity index (χ4n) is 2.63. The smallest absolute Gasteiger partial charge is 0.345 e. The number of pyridine rings is 1. The molecule has 0 saturated carbocycles. The first-order chi connectivity index (χ1) is 11.9. The summed E-state index contributed by atoms with van der Waals surface area (Å²) in [6.07, 6.45) is -2.82. The highest BCUT2D eigenvalue weighted by Gasteiger charge is 2.30. The van der Waals surface area contributed by atoms with Gasteiger partial charge in [-0.15, -0.1) is 0 Å². The molecule has 1 N–H and O–H groups in total. The topological polar surface area (TPSA) is 42.0 Å². The summed E-state index contributed by atoms with van der Waals surface area (Å²) >= 11 is 0. The van der Waals surface area contributed by atoms with Crippen molar-refractivity contribution in [2.75, 3.05) is 0 Å². The molecule has 1 atom stereocenters. The molecule has 6 heteroatoms. The fraction of sp³-hybridized carbons (Fsp3) is 0.158.